The number of hydrogen-bond donors (Lipinski definition) is 0. The predicted octanol–water partition coefficient (Wildman–Crippen LogP) is 3.42. The Balaban J connectivity index is 1.99. The Hall–Kier alpha value is -1.75. The molecular weight excluding hydrogens is 316 g/mol. The molecule has 0 unspecified atom stereocenters. The second kappa shape index (κ2) is 7.49. The molecule has 0 saturated heterocycles. The van der Waals surface area contributed by atoms with Crippen LogP contribution in [0.5, 0.6) is 5.19 Å². The van der Waals surface area contributed by atoms with Gasteiger partial charge in [0.15, 0.2) is 3.95 Å². The fourth-order valence-corrected chi connectivity index (χ4v) is 2.95. The van der Waals surface area contributed by atoms with E-state index in [9.17, 15) is 0 Å². The summed E-state index contributed by atoms with van der Waals surface area (Å²) in [5, 5.41) is 13.8. The Morgan fingerprint density at radius 1 is 1.41 bits per heavy atom. The summed E-state index contributed by atoms with van der Waals surface area (Å²) in [7, 11) is 2.00. The second-order valence-electron chi connectivity index (χ2n) is 5.26. The first-order chi connectivity index (χ1) is 10.5. The number of benzene rings is 1. The molecule has 0 N–H and O–H groups in total. The average molecular weight is 334 g/mol. The predicted molar refractivity (Wildman–Crippen MR) is 89.3 cm³/mol. The van der Waals surface area contributed by atoms with Crippen LogP contribution in [0.25, 0.3) is 0 Å². The summed E-state index contributed by atoms with van der Waals surface area (Å²) in [5.41, 5.74) is 1.81. The molecule has 0 aliphatic carbocycles. The third kappa shape index (κ3) is 4.63. The first-order valence-corrected chi connectivity index (χ1v) is 8.12. The van der Waals surface area contributed by atoms with Crippen molar-refractivity contribution >= 4 is 23.6 Å². The molecule has 0 aliphatic rings. The highest BCUT2D eigenvalue weighted by atomic mass is 32.1. The third-order valence-electron chi connectivity index (χ3n) is 2.84. The van der Waals surface area contributed by atoms with Gasteiger partial charge >= 0.3 is 0 Å². The van der Waals surface area contributed by atoms with Crippen molar-refractivity contribution in [1.29, 1.82) is 5.26 Å². The van der Waals surface area contributed by atoms with E-state index in [0.717, 1.165) is 12.1 Å². The maximum absolute atomic E-state index is 8.81. The van der Waals surface area contributed by atoms with Crippen molar-refractivity contribution in [3.63, 3.8) is 0 Å². The van der Waals surface area contributed by atoms with Crippen LogP contribution in [-0.2, 0) is 13.2 Å². The minimum atomic E-state index is 0.0883. The van der Waals surface area contributed by atoms with Crippen LogP contribution in [0, 0.1) is 15.3 Å². The monoisotopic (exact) mass is 334 g/mol. The topological polar surface area (TPSA) is 54.1 Å². The summed E-state index contributed by atoms with van der Waals surface area (Å²) < 4.78 is 8.03. The van der Waals surface area contributed by atoms with Gasteiger partial charge < -0.3 is 4.74 Å². The van der Waals surface area contributed by atoms with Crippen LogP contribution in [0.2, 0.25) is 0 Å². The molecule has 1 aromatic carbocycles. The van der Waals surface area contributed by atoms with Gasteiger partial charge in [0.05, 0.1) is 24.4 Å². The number of rotatable bonds is 6. The lowest BCUT2D eigenvalue weighted by Gasteiger charge is -2.16. The van der Waals surface area contributed by atoms with E-state index in [1.54, 1.807) is 4.68 Å². The summed E-state index contributed by atoms with van der Waals surface area (Å²) in [5.74, 6) is 0. The molecule has 7 heteroatoms. The zero-order valence-corrected chi connectivity index (χ0v) is 14.4. The van der Waals surface area contributed by atoms with Gasteiger partial charge in [-0.1, -0.05) is 12.1 Å². The van der Waals surface area contributed by atoms with Crippen LogP contribution in [-0.4, -0.2) is 27.8 Å². The van der Waals surface area contributed by atoms with E-state index in [1.807, 2.05) is 45.2 Å². The average Bonchev–Trinajstić information content (AvgIpc) is 2.78. The Morgan fingerprint density at radius 2 is 2.09 bits per heavy atom. The van der Waals surface area contributed by atoms with Gasteiger partial charge in [-0.15, -0.1) is 5.10 Å². The largest absolute Gasteiger partial charge is 0.466 e. The van der Waals surface area contributed by atoms with Gasteiger partial charge in [-0.25, -0.2) is 4.68 Å². The lowest BCUT2D eigenvalue weighted by Crippen LogP contribution is -2.22. The fourth-order valence-electron chi connectivity index (χ4n) is 1.90. The summed E-state index contributed by atoms with van der Waals surface area (Å²) >= 11 is 6.70. The Bertz CT molecular complexity index is 712. The molecule has 116 valence electrons. The number of hydrogen-bond acceptors (Lipinski definition) is 6. The highest BCUT2D eigenvalue weighted by Crippen LogP contribution is 2.19. The van der Waals surface area contributed by atoms with Crippen LogP contribution in [0.15, 0.2) is 24.3 Å². The zero-order valence-electron chi connectivity index (χ0n) is 12.8. The maximum Gasteiger partial charge on any atom is 0.293 e. The lowest BCUT2D eigenvalue weighted by molar-refractivity contribution is 0.218. The fraction of sp³-hybridized carbons (Fsp3) is 0.400. The molecule has 0 bridgehead atoms. The van der Waals surface area contributed by atoms with Crippen molar-refractivity contribution in [2.24, 2.45) is 0 Å². The van der Waals surface area contributed by atoms with Crippen LogP contribution in [0.3, 0.4) is 0 Å². The summed E-state index contributed by atoms with van der Waals surface area (Å²) in [6, 6.07) is 9.69. The van der Waals surface area contributed by atoms with E-state index >= 15 is 0 Å². The van der Waals surface area contributed by atoms with Gasteiger partial charge in [-0.2, -0.15) is 5.26 Å². The molecule has 0 fully saturated rings. The standard InChI is InChI=1S/C15H18N4OS2/c1-11(2)20-14-17-19(15(21)22-14)10-18(3)9-13-6-4-12(8-16)5-7-13/h4-7,11H,9-10H2,1-3H3. The van der Waals surface area contributed by atoms with E-state index in [-0.39, 0.29) is 6.10 Å². The summed E-state index contributed by atoms with van der Waals surface area (Å²) in [4.78, 5) is 2.11. The van der Waals surface area contributed by atoms with Crippen molar-refractivity contribution in [1.82, 2.24) is 14.7 Å². The first kappa shape index (κ1) is 16.6. The highest BCUT2D eigenvalue weighted by Gasteiger charge is 2.09. The van der Waals surface area contributed by atoms with Crippen molar-refractivity contribution in [3.8, 4) is 11.3 Å². The number of ether oxygens (including phenoxy) is 1. The minimum absolute atomic E-state index is 0.0883. The van der Waals surface area contributed by atoms with Gasteiger partial charge in [0.2, 0.25) is 0 Å². The van der Waals surface area contributed by atoms with Crippen molar-refractivity contribution in [2.75, 3.05) is 7.05 Å². The van der Waals surface area contributed by atoms with Gasteiger partial charge in [0, 0.05) is 6.54 Å². The highest BCUT2D eigenvalue weighted by molar-refractivity contribution is 7.73. The van der Waals surface area contributed by atoms with Crippen LogP contribution in [0.1, 0.15) is 25.0 Å². The molecule has 0 saturated carbocycles. The minimum Gasteiger partial charge on any atom is -0.466 e. The van der Waals surface area contributed by atoms with Gasteiger partial charge in [0.25, 0.3) is 5.19 Å². The van der Waals surface area contributed by atoms with E-state index in [2.05, 4.69) is 16.1 Å². The van der Waals surface area contributed by atoms with Crippen LogP contribution < -0.4 is 4.74 Å². The molecular formula is C15H18N4OS2. The molecule has 2 rings (SSSR count). The number of aromatic nitrogens is 2. The molecule has 22 heavy (non-hydrogen) atoms. The van der Waals surface area contributed by atoms with Crippen molar-refractivity contribution in [2.45, 2.75) is 33.2 Å². The van der Waals surface area contributed by atoms with E-state index in [1.165, 1.54) is 11.3 Å². The smallest absolute Gasteiger partial charge is 0.293 e. The number of nitriles is 1. The quantitative estimate of drug-likeness (QED) is 0.758. The van der Waals surface area contributed by atoms with Gasteiger partial charge in [0.1, 0.15) is 0 Å². The first-order valence-electron chi connectivity index (χ1n) is 6.90. The molecule has 0 amide bonds. The number of nitrogens with zero attached hydrogens (tertiary/aromatic N) is 4. The lowest BCUT2D eigenvalue weighted by atomic mass is 10.1. The molecule has 2 aromatic rings. The van der Waals surface area contributed by atoms with Gasteiger partial charge in [-0.3, -0.25) is 4.90 Å². The molecule has 0 spiro atoms. The van der Waals surface area contributed by atoms with Crippen LogP contribution in [0.4, 0.5) is 0 Å². The zero-order chi connectivity index (χ0) is 16.1. The molecule has 0 atom stereocenters. The van der Waals surface area contributed by atoms with E-state index in [4.69, 9.17) is 22.2 Å². The molecule has 0 aliphatic heterocycles. The van der Waals surface area contributed by atoms with Crippen LogP contribution >= 0.6 is 23.6 Å². The molecule has 1 aromatic heterocycles. The Morgan fingerprint density at radius 3 is 2.68 bits per heavy atom. The molecule has 1 heterocycles. The van der Waals surface area contributed by atoms with E-state index < -0.39 is 0 Å². The third-order valence-corrected chi connectivity index (χ3v) is 4.03. The summed E-state index contributed by atoms with van der Waals surface area (Å²) in [6.07, 6.45) is 0.0883. The Labute approximate surface area is 139 Å². The second-order valence-corrected chi connectivity index (χ2v) is 6.85. The summed E-state index contributed by atoms with van der Waals surface area (Å²) in [6.45, 7) is 5.28. The normalized spacial score (nSPS) is 10.9. The van der Waals surface area contributed by atoms with Crippen molar-refractivity contribution < 1.29 is 4.74 Å². The maximum atomic E-state index is 8.81. The van der Waals surface area contributed by atoms with Crippen molar-refractivity contribution in [3.05, 3.63) is 39.3 Å². The molecule has 5 nitrogen and oxygen atoms in total. The molecule has 0 radical (unpaired) electrons. The Kier molecular flexibility index (Phi) is 5.66. The van der Waals surface area contributed by atoms with Gasteiger partial charge in [-0.05, 0) is 62.1 Å². The SMILES string of the molecule is CC(C)Oc1nn(CN(C)Cc2ccc(C#N)cc2)c(=S)s1. The van der Waals surface area contributed by atoms with E-state index in [0.29, 0.717) is 21.4 Å².